The lowest BCUT2D eigenvalue weighted by Crippen LogP contribution is -2.24. The number of sulfone groups is 1. The number of hydrogen-bond donors (Lipinski definition) is 2. The zero-order valence-corrected chi connectivity index (χ0v) is 13.5. The molecule has 0 aromatic heterocycles. The first-order chi connectivity index (χ1) is 9.82. The van der Waals surface area contributed by atoms with Gasteiger partial charge in [-0.3, -0.25) is 0 Å². The fourth-order valence-electron chi connectivity index (χ4n) is 2.19. The SMILES string of the molecule is CCCNS(=O)(=O)c1ccc(NC2CCS(=O)(=O)C2)cc1. The average molecular weight is 332 g/mol. The molecule has 1 aliphatic heterocycles. The Morgan fingerprint density at radius 2 is 1.90 bits per heavy atom. The Kier molecular flexibility index (Phi) is 4.90. The standard InChI is InChI=1S/C13H20N2O4S2/c1-2-8-14-21(18,19)13-5-3-11(4-6-13)15-12-7-9-20(16,17)10-12/h3-6,12,14-15H,2,7-10H2,1H3. The minimum atomic E-state index is -3.46. The summed E-state index contributed by atoms with van der Waals surface area (Å²) in [6.45, 7) is 2.30. The van der Waals surface area contributed by atoms with Crippen LogP contribution in [0.3, 0.4) is 0 Å². The summed E-state index contributed by atoms with van der Waals surface area (Å²) in [5.41, 5.74) is 0.728. The minimum absolute atomic E-state index is 0.101. The van der Waals surface area contributed by atoms with Gasteiger partial charge in [-0.25, -0.2) is 21.6 Å². The summed E-state index contributed by atoms with van der Waals surface area (Å²) >= 11 is 0. The Bertz CT molecular complexity index is 681. The predicted molar refractivity (Wildman–Crippen MR) is 82.6 cm³/mol. The molecule has 1 aromatic rings. The third-order valence-corrected chi connectivity index (χ3v) is 6.55. The fourth-order valence-corrected chi connectivity index (χ4v) is 5.00. The summed E-state index contributed by atoms with van der Waals surface area (Å²) < 4.78 is 49.1. The van der Waals surface area contributed by atoms with Crippen molar-refractivity contribution in [2.24, 2.45) is 0 Å². The summed E-state index contributed by atoms with van der Waals surface area (Å²) in [4.78, 5) is 0.209. The highest BCUT2D eigenvalue weighted by Gasteiger charge is 2.27. The van der Waals surface area contributed by atoms with Crippen LogP contribution in [-0.4, -0.2) is 40.9 Å². The number of anilines is 1. The number of benzene rings is 1. The fraction of sp³-hybridized carbons (Fsp3) is 0.538. The zero-order valence-electron chi connectivity index (χ0n) is 11.9. The van der Waals surface area contributed by atoms with Crippen molar-refractivity contribution in [1.29, 1.82) is 0 Å². The van der Waals surface area contributed by atoms with E-state index in [1.807, 2.05) is 6.92 Å². The highest BCUT2D eigenvalue weighted by Crippen LogP contribution is 2.19. The molecule has 1 atom stereocenters. The summed E-state index contributed by atoms with van der Waals surface area (Å²) in [5.74, 6) is 0.336. The van der Waals surface area contributed by atoms with Crippen molar-refractivity contribution in [3.63, 3.8) is 0 Å². The first kappa shape index (κ1) is 16.3. The molecule has 1 aliphatic rings. The van der Waals surface area contributed by atoms with Crippen molar-refractivity contribution in [1.82, 2.24) is 4.72 Å². The smallest absolute Gasteiger partial charge is 0.240 e. The van der Waals surface area contributed by atoms with E-state index in [4.69, 9.17) is 0 Å². The molecule has 118 valence electrons. The van der Waals surface area contributed by atoms with Crippen LogP contribution in [0, 0.1) is 0 Å². The van der Waals surface area contributed by atoms with Gasteiger partial charge in [0.1, 0.15) is 0 Å². The van der Waals surface area contributed by atoms with Gasteiger partial charge in [0.2, 0.25) is 10.0 Å². The van der Waals surface area contributed by atoms with Crippen LogP contribution in [0.15, 0.2) is 29.2 Å². The van der Waals surface area contributed by atoms with E-state index >= 15 is 0 Å². The average Bonchev–Trinajstić information content (AvgIpc) is 2.76. The largest absolute Gasteiger partial charge is 0.381 e. The van der Waals surface area contributed by atoms with Gasteiger partial charge in [-0.15, -0.1) is 0 Å². The molecule has 2 rings (SSSR count). The Balaban J connectivity index is 2.03. The van der Waals surface area contributed by atoms with Gasteiger partial charge < -0.3 is 5.32 Å². The van der Waals surface area contributed by atoms with Crippen LogP contribution in [-0.2, 0) is 19.9 Å². The van der Waals surface area contributed by atoms with Crippen LogP contribution in [0.4, 0.5) is 5.69 Å². The van der Waals surface area contributed by atoms with Gasteiger partial charge in [-0.2, -0.15) is 0 Å². The second-order valence-electron chi connectivity index (χ2n) is 5.17. The van der Waals surface area contributed by atoms with E-state index in [2.05, 4.69) is 10.0 Å². The topological polar surface area (TPSA) is 92.3 Å². The lowest BCUT2D eigenvalue weighted by atomic mass is 10.2. The third kappa shape index (κ3) is 4.42. The van der Waals surface area contributed by atoms with Crippen molar-refractivity contribution < 1.29 is 16.8 Å². The second-order valence-corrected chi connectivity index (χ2v) is 9.16. The molecule has 2 N–H and O–H groups in total. The van der Waals surface area contributed by atoms with Gasteiger partial charge in [0.05, 0.1) is 16.4 Å². The zero-order chi connectivity index (χ0) is 15.5. The van der Waals surface area contributed by atoms with Gasteiger partial charge in [0, 0.05) is 18.3 Å². The van der Waals surface area contributed by atoms with Crippen LogP contribution >= 0.6 is 0 Å². The van der Waals surface area contributed by atoms with Crippen LogP contribution in [0.2, 0.25) is 0 Å². The molecule has 1 aromatic carbocycles. The number of rotatable bonds is 6. The lowest BCUT2D eigenvalue weighted by molar-refractivity contribution is 0.580. The lowest BCUT2D eigenvalue weighted by Gasteiger charge is -2.13. The molecule has 0 amide bonds. The molecule has 1 unspecified atom stereocenters. The third-order valence-electron chi connectivity index (χ3n) is 3.31. The number of sulfonamides is 1. The summed E-state index contributed by atoms with van der Waals surface area (Å²) in [6.07, 6.45) is 1.31. The Morgan fingerprint density at radius 1 is 1.24 bits per heavy atom. The summed E-state index contributed by atoms with van der Waals surface area (Å²) in [6, 6.07) is 6.25. The highest BCUT2D eigenvalue weighted by atomic mass is 32.2. The first-order valence-corrected chi connectivity index (χ1v) is 10.2. The van der Waals surface area contributed by atoms with Gasteiger partial charge in [0.25, 0.3) is 0 Å². The van der Waals surface area contributed by atoms with Crippen molar-refractivity contribution in [2.75, 3.05) is 23.4 Å². The molecule has 0 bridgehead atoms. The van der Waals surface area contributed by atoms with Crippen molar-refractivity contribution in [2.45, 2.75) is 30.7 Å². The second kappa shape index (κ2) is 6.33. The highest BCUT2D eigenvalue weighted by molar-refractivity contribution is 7.91. The molecule has 0 saturated carbocycles. The first-order valence-electron chi connectivity index (χ1n) is 6.89. The maximum atomic E-state index is 11.9. The normalized spacial score (nSPS) is 21.3. The quantitative estimate of drug-likeness (QED) is 0.810. The molecule has 1 heterocycles. The Morgan fingerprint density at radius 3 is 2.43 bits per heavy atom. The van der Waals surface area contributed by atoms with E-state index in [-0.39, 0.29) is 22.4 Å². The molecule has 0 spiro atoms. The molecule has 1 saturated heterocycles. The van der Waals surface area contributed by atoms with E-state index in [9.17, 15) is 16.8 Å². The maximum absolute atomic E-state index is 11.9. The van der Waals surface area contributed by atoms with Crippen LogP contribution in [0.1, 0.15) is 19.8 Å². The molecular weight excluding hydrogens is 312 g/mol. The Labute approximate surface area is 125 Å². The summed E-state index contributed by atoms with van der Waals surface area (Å²) in [5, 5.41) is 3.12. The van der Waals surface area contributed by atoms with E-state index < -0.39 is 19.9 Å². The van der Waals surface area contributed by atoms with Crippen LogP contribution < -0.4 is 10.0 Å². The van der Waals surface area contributed by atoms with E-state index in [0.29, 0.717) is 13.0 Å². The number of nitrogens with one attached hydrogen (secondary N) is 2. The van der Waals surface area contributed by atoms with Crippen molar-refractivity contribution in [3.05, 3.63) is 24.3 Å². The molecule has 21 heavy (non-hydrogen) atoms. The monoisotopic (exact) mass is 332 g/mol. The Hall–Kier alpha value is -1.12. The molecule has 0 radical (unpaired) electrons. The maximum Gasteiger partial charge on any atom is 0.240 e. The van der Waals surface area contributed by atoms with Crippen molar-refractivity contribution >= 4 is 25.5 Å². The van der Waals surface area contributed by atoms with E-state index in [0.717, 1.165) is 12.1 Å². The van der Waals surface area contributed by atoms with Crippen molar-refractivity contribution in [3.8, 4) is 0 Å². The molecule has 1 fully saturated rings. The van der Waals surface area contributed by atoms with Gasteiger partial charge >= 0.3 is 0 Å². The molecule has 0 aliphatic carbocycles. The van der Waals surface area contributed by atoms with Gasteiger partial charge in [-0.05, 0) is 37.1 Å². The predicted octanol–water partition coefficient (Wildman–Crippen LogP) is 0.974. The van der Waals surface area contributed by atoms with Crippen LogP contribution in [0.25, 0.3) is 0 Å². The van der Waals surface area contributed by atoms with Crippen LogP contribution in [0.5, 0.6) is 0 Å². The van der Waals surface area contributed by atoms with E-state index in [1.54, 1.807) is 12.1 Å². The number of hydrogen-bond acceptors (Lipinski definition) is 5. The minimum Gasteiger partial charge on any atom is -0.381 e. The molecular formula is C13H20N2O4S2. The van der Waals surface area contributed by atoms with Gasteiger partial charge in [-0.1, -0.05) is 6.92 Å². The molecule has 8 heteroatoms. The summed E-state index contributed by atoms with van der Waals surface area (Å²) in [7, 11) is -6.38. The van der Waals surface area contributed by atoms with E-state index in [1.165, 1.54) is 12.1 Å². The molecule has 6 nitrogen and oxygen atoms in total. The van der Waals surface area contributed by atoms with Gasteiger partial charge in [0.15, 0.2) is 9.84 Å².